The Morgan fingerprint density at radius 2 is 1.05 bits per heavy atom. The highest BCUT2D eigenvalue weighted by atomic mass is 16.8. The van der Waals surface area contributed by atoms with Crippen LogP contribution in [0.3, 0.4) is 0 Å². The molecule has 20 heavy (non-hydrogen) atoms. The molecule has 4 unspecified atom stereocenters. The summed E-state index contributed by atoms with van der Waals surface area (Å²) in [5.74, 6) is -4.74. The average molecular weight is 290 g/mol. The van der Waals surface area contributed by atoms with Crippen molar-refractivity contribution in [1.29, 1.82) is 0 Å². The van der Waals surface area contributed by atoms with Gasteiger partial charge in [-0.25, -0.2) is 9.59 Å². The van der Waals surface area contributed by atoms with Crippen LogP contribution < -0.4 is 0 Å². The van der Waals surface area contributed by atoms with Gasteiger partial charge in [-0.3, -0.25) is 0 Å². The third kappa shape index (κ3) is 2.78. The number of carboxylic acid groups (broad SMARTS) is 2. The van der Waals surface area contributed by atoms with Crippen LogP contribution in [0.4, 0.5) is 0 Å². The van der Waals surface area contributed by atoms with E-state index in [0.29, 0.717) is 0 Å². The molecule has 0 spiro atoms. The molecular formula is C12H18O8. The van der Waals surface area contributed by atoms with Gasteiger partial charge in [0.25, 0.3) is 0 Å². The van der Waals surface area contributed by atoms with Crippen molar-refractivity contribution >= 4 is 11.9 Å². The Morgan fingerprint density at radius 1 is 0.750 bits per heavy atom. The van der Waals surface area contributed by atoms with Gasteiger partial charge in [0.1, 0.15) is 12.2 Å². The highest BCUT2D eigenvalue weighted by Crippen LogP contribution is 2.38. The molecule has 2 aliphatic heterocycles. The zero-order valence-corrected chi connectivity index (χ0v) is 11.7. The third-order valence-electron chi connectivity index (χ3n) is 3.07. The fourth-order valence-corrected chi connectivity index (χ4v) is 2.44. The summed E-state index contributed by atoms with van der Waals surface area (Å²) >= 11 is 0. The van der Waals surface area contributed by atoms with E-state index in [4.69, 9.17) is 18.9 Å². The summed E-state index contributed by atoms with van der Waals surface area (Å²) in [6, 6.07) is 0. The van der Waals surface area contributed by atoms with Crippen molar-refractivity contribution in [3.8, 4) is 0 Å². The van der Waals surface area contributed by atoms with E-state index in [1.54, 1.807) is 27.7 Å². The molecule has 4 atom stereocenters. The van der Waals surface area contributed by atoms with Crippen LogP contribution in [0, 0.1) is 0 Å². The molecule has 0 radical (unpaired) electrons. The third-order valence-corrected chi connectivity index (χ3v) is 3.07. The van der Waals surface area contributed by atoms with Gasteiger partial charge >= 0.3 is 11.9 Å². The molecule has 0 aromatic carbocycles. The number of carboxylic acids is 2. The summed E-state index contributed by atoms with van der Waals surface area (Å²) in [7, 11) is 0. The maximum atomic E-state index is 11.2. The second kappa shape index (κ2) is 4.66. The zero-order valence-electron chi connectivity index (χ0n) is 11.7. The highest BCUT2D eigenvalue weighted by molar-refractivity contribution is 5.76. The van der Waals surface area contributed by atoms with Crippen molar-refractivity contribution in [3.63, 3.8) is 0 Å². The van der Waals surface area contributed by atoms with Gasteiger partial charge in [-0.05, 0) is 27.7 Å². The van der Waals surface area contributed by atoms with Crippen LogP contribution in [0.1, 0.15) is 27.7 Å². The monoisotopic (exact) mass is 290 g/mol. The SMILES string of the molecule is CC1(C)OC(C(=O)O)C(C2OC(C)(C)OC2C(=O)O)O1. The Labute approximate surface area is 115 Å². The number of carbonyl (C=O) groups is 2. The fourth-order valence-electron chi connectivity index (χ4n) is 2.44. The maximum absolute atomic E-state index is 11.2. The van der Waals surface area contributed by atoms with Crippen molar-refractivity contribution < 1.29 is 38.7 Å². The summed E-state index contributed by atoms with van der Waals surface area (Å²) < 4.78 is 21.6. The molecule has 0 bridgehead atoms. The molecule has 8 nitrogen and oxygen atoms in total. The summed E-state index contributed by atoms with van der Waals surface area (Å²) in [6.45, 7) is 6.22. The minimum Gasteiger partial charge on any atom is -0.479 e. The molecule has 0 amide bonds. The number of hydrogen-bond donors (Lipinski definition) is 2. The van der Waals surface area contributed by atoms with Crippen LogP contribution in [0.2, 0.25) is 0 Å². The van der Waals surface area contributed by atoms with Crippen molar-refractivity contribution in [2.24, 2.45) is 0 Å². The zero-order chi connectivity index (χ0) is 15.3. The van der Waals surface area contributed by atoms with E-state index in [1.165, 1.54) is 0 Å². The minimum atomic E-state index is -1.31. The molecule has 8 heteroatoms. The van der Waals surface area contributed by atoms with E-state index in [0.717, 1.165) is 0 Å². The van der Waals surface area contributed by atoms with Gasteiger partial charge in [-0.1, -0.05) is 0 Å². The van der Waals surface area contributed by atoms with Crippen molar-refractivity contribution in [3.05, 3.63) is 0 Å². The minimum absolute atomic E-state index is 1.06. The summed E-state index contributed by atoms with van der Waals surface area (Å²) in [6.07, 6.45) is -4.75. The molecule has 2 aliphatic rings. The Morgan fingerprint density at radius 3 is 1.30 bits per heavy atom. The normalized spacial score (nSPS) is 38.8. The lowest BCUT2D eigenvalue weighted by Gasteiger charge is -2.23. The van der Waals surface area contributed by atoms with Crippen LogP contribution >= 0.6 is 0 Å². The molecular weight excluding hydrogens is 272 g/mol. The summed E-state index contributed by atoms with van der Waals surface area (Å²) in [4.78, 5) is 22.5. The lowest BCUT2D eigenvalue weighted by molar-refractivity contribution is -0.176. The predicted molar refractivity (Wildman–Crippen MR) is 62.9 cm³/mol. The topological polar surface area (TPSA) is 112 Å². The van der Waals surface area contributed by atoms with Gasteiger partial charge in [0.2, 0.25) is 0 Å². The molecule has 2 saturated heterocycles. The van der Waals surface area contributed by atoms with E-state index in [2.05, 4.69) is 0 Å². The van der Waals surface area contributed by atoms with E-state index in [9.17, 15) is 19.8 Å². The Balaban J connectivity index is 2.28. The molecule has 0 aliphatic carbocycles. The first-order chi connectivity index (χ1) is 9.02. The van der Waals surface area contributed by atoms with Crippen LogP contribution in [0.15, 0.2) is 0 Å². The summed E-state index contributed by atoms with van der Waals surface area (Å²) in [5, 5.41) is 18.4. The fraction of sp³-hybridized carbons (Fsp3) is 0.833. The van der Waals surface area contributed by atoms with Crippen LogP contribution in [-0.2, 0) is 28.5 Å². The lowest BCUT2D eigenvalue weighted by Crippen LogP contribution is -2.47. The molecule has 0 aromatic rings. The average Bonchev–Trinajstić information content (AvgIpc) is 2.75. The van der Waals surface area contributed by atoms with E-state index in [1.807, 2.05) is 0 Å². The predicted octanol–water partition coefficient (Wildman–Crippen LogP) is 0.196. The molecule has 0 aromatic heterocycles. The highest BCUT2D eigenvalue weighted by Gasteiger charge is 2.57. The van der Waals surface area contributed by atoms with Crippen LogP contribution in [-0.4, -0.2) is 58.1 Å². The van der Waals surface area contributed by atoms with E-state index < -0.39 is 47.9 Å². The standard InChI is InChI=1S/C12H18O8/c1-11(2)17-5(7(19-11)9(13)14)6-8(10(15)16)20-12(3,4)18-6/h5-8H,1-4H3,(H,13,14)(H,15,16). The second-order valence-corrected chi connectivity index (χ2v) is 5.72. The van der Waals surface area contributed by atoms with Gasteiger partial charge < -0.3 is 29.2 Å². The van der Waals surface area contributed by atoms with Crippen molar-refractivity contribution in [2.75, 3.05) is 0 Å². The molecule has 2 heterocycles. The van der Waals surface area contributed by atoms with Gasteiger partial charge in [0.05, 0.1) is 0 Å². The van der Waals surface area contributed by atoms with Crippen LogP contribution in [0.25, 0.3) is 0 Å². The lowest BCUT2D eigenvalue weighted by atomic mass is 10.0. The molecule has 2 rings (SSSR count). The van der Waals surface area contributed by atoms with Gasteiger partial charge in [-0.15, -0.1) is 0 Å². The molecule has 2 N–H and O–H groups in total. The molecule has 0 saturated carbocycles. The van der Waals surface area contributed by atoms with Gasteiger partial charge in [0, 0.05) is 0 Å². The molecule has 2 fully saturated rings. The smallest absolute Gasteiger partial charge is 0.335 e. The quantitative estimate of drug-likeness (QED) is 0.758. The Kier molecular flexibility index (Phi) is 3.53. The van der Waals surface area contributed by atoms with Crippen molar-refractivity contribution in [1.82, 2.24) is 0 Å². The maximum Gasteiger partial charge on any atom is 0.335 e. The summed E-state index contributed by atoms with van der Waals surface area (Å²) in [5.41, 5.74) is 0. The first-order valence-corrected chi connectivity index (χ1v) is 6.19. The first-order valence-electron chi connectivity index (χ1n) is 6.19. The Bertz CT molecular complexity index is 389. The largest absolute Gasteiger partial charge is 0.479 e. The second-order valence-electron chi connectivity index (χ2n) is 5.72. The van der Waals surface area contributed by atoms with Gasteiger partial charge in [0.15, 0.2) is 23.8 Å². The van der Waals surface area contributed by atoms with Crippen LogP contribution in [0.5, 0.6) is 0 Å². The number of aliphatic carboxylic acids is 2. The van der Waals surface area contributed by atoms with Crippen molar-refractivity contribution in [2.45, 2.75) is 63.7 Å². The van der Waals surface area contributed by atoms with Gasteiger partial charge in [-0.2, -0.15) is 0 Å². The number of rotatable bonds is 3. The van der Waals surface area contributed by atoms with E-state index >= 15 is 0 Å². The van der Waals surface area contributed by atoms with E-state index in [-0.39, 0.29) is 0 Å². The number of hydrogen-bond acceptors (Lipinski definition) is 6. The number of ether oxygens (including phenoxy) is 4. The molecule has 114 valence electrons. The Hall–Kier alpha value is -1.22. The first kappa shape index (κ1) is 15.2.